The van der Waals surface area contributed by atoms with Crippen molar-refractivity contribution in [2.75, 3.05) is 13.1 Å². The van der Waals surface area contributed by atoms with Crippen LogP contribution in [0, 0.1) is 17.3 Å². The lowest BCUT2D eigenvalue weighted by atomic mass is 9.66. The minimum atomic E-state index is -0.902. The average Bonchev–Trinajstić information content (AvgIpc) is 3.19. The highest BCUT2D eigenvalue weighted by atomic mass is 16.6. The van der Waals surface area contributed by atoms with Gasteiger partial charge < -0.3 is 19.3 Å². The molecule has 0 unspecified atom stereocenters. The highest BCUT2D eigenvalue weighted by Crippen LogP contribution is 2.54. The molecule has 2 atom stereocenters. The van der Waals surface area contributed by atoms with E-state index in [-0.39, 0.29) is 12.5 Å². The molecule has 3 aliphatic rings. The molecule has 1 aromatic heterocycles. The number of amides is 1. The van der Waals surface area contributed by atoms with Crippen molar-refractivity contribution in [2.45, 2.75) is 97.0 Å². The summed E-state index contributed by atoms with van der Waals surface area (Å²) >= 11 is 0. The van der Waals surface area contributed by atoms with Crippen LogP contribution in [0.1, 0.15) is 108 Å². The number of ether oxygens (including phenoxy) is 1. The van der Waals surface area contributed by atoms with Crippen LogP contribution in [-0.4, -0.2) is 45.9 Å². The van der Waals surface area contributed by atoms with E-state index in [1.54, 1.807) is 0 Å². The molecule has 0 aromatic carbocycles. The van der Waals surface area contributed by atoms with Gasteiger partial charge >= 0.3 is 12.1 Å². The van der Waals surface area contributed by atoms with Gasteiger partial charge in [-0.3, -0.25) is 4.79 Å². The monoisotopic (exact) mass is 446 g/mol. The van der Waals surface area contributed by atoms with Crippen LogP contribution < -0.4 is 0 Å². The minimum Gasteiger partial charge on any atom is -0.481 e. The number of carboxylic acid groups (broad SMARTS) is 1. The van der Waals surface area contributed by atoms with Crippen molar-refractivity contribution in [2.24, 2.45) is 17.3 Å². The third kappa shape index (κ3) is 4.96. The molecule has 1 aromatic rings. The van der Waals surface area contributed by atoms with Crippen LogP contribution in [-0.2, 0) is 9.53 Å². The van der Waals surface area contributed by atoms with Crippen LogP contribution in [0.15, 0.2) is 4.52 Å². The molecule has 1 aliphatic heterocycles. The zero-order valence-corrected chi connectivity index (χ0v) is 20.3. The van der Waals surface area contributed by atoms with Crippen molar-refractivity contribution in [3.05, 3.63) is 17.0 Å². The maximum atomic E-state index is 12.6. The molecule has 32 heavy (non-hydrogen) atoms. The molecule has 3 fully saturated rings. The molecular formula is C25H38N2O5. The van der Waals surface area contributed by atoms with Gasteiger partial charge in [-0.2, -0.15) is 0 Å². The summed E-state index contributed by atoms with van der Waals surface area (Å²) < 4.78 is 11.4. The smallest absolute Gasteiger partial charge is 0.410 e. The third-order valence-corrected chi connectivity index (χ3v) is 6.92. The molecule has 178 valence electrons. The molecule has 2 heterocycles. The molecular weight excluding hydrogens is 408 g/mol. The summed E-state index contributed by atoms with van der Waals surface area (Å²) in [5.74, 6) is 0.519. The second-order valence-electron chi connectivity index (χ2n) is 12.4. The second-order valence-corrected chi connectivity index (χ2v) is 12.4. The number of carbonyl (C=O) groups excluding carboxylic acids is 1. The summed E-state index contributed by atoms with van der Waals surface area (Å²) in [6, 6.07) is 0. The van der Waals surface area contributed by atoms with Gasteiger partial charge in [0, 0.05) is 30.5 Å². The van der Waals surface area contributed by atoms with Crippen molar-refractivity contribution in [1.29, 1.82) is 0 Å². The maximum absolute atomic E-state index is 12.6. The van der Waals surface area contributed by atoms with Crippen LogP contribution >= 0.6 is 0 Å². The first kappa shape index (κ1) is 23.1. The van der Waals surface area contributed by atoms with E-state index in [1.807, 2.05) is 20.8 Å². The Hall–Kier alpha value is -2.05. The molecule has 4 rings (SSSR count). The number of carboxylic acids is 1. The predicted octanol–water partition coefficient (Wildman–Crippen LogP) is 5.52. The Kier molecular flexibility index (Phi) is 5.83. The summed E-state index contributed by atoms with van der Waals surface area (Å²) in [4.78, 5) is 26.2. The van der Waals surface area contributed by atoms with Crippen LogP contribution in [0.5, 0.6) is 0 Å². The van der Waals surface area contributed by atoms with E-state index in [9.17, 15) is 14.7 Å². The summed E-state index contributed by atoms with van der Waals surface area (Å²) in [5.41, 5.74) is 1.61. The first-order chi connectivity index (χ1) is 14.8. The fourth-order valence-corrected chi connectivity index (χ4v) is 5.46. The lowest BCUT2D eigenvalue weighted by Gasteiger charge is -2.38. The van der Waals surface area contributed by atoms with Crippen molar-refractivity contribution in [3.8, 4) is 0 Å². The molecule has 7 nitrogen and oxygen atoms in total. The lowest BCUT2D eigenvalue weighted by molar-refractivity contribution is -0.141. The highest BCUT2D eigenvalue weighted by Gasteiger charge is 2.48. The number of aliphatic carboxylic acids is 1. The average molecular weight is 447 g/mol. The van der Waals surface area contributed by atoms with Gasteiger partial charge in [0.1, 0.15) is 11.4 Å². The molecule has 1 saturated heterocycles. The van der Waals surface area contributed by atoms with E-state index in [2.05, 4.69) is 25.9 Å². The van der Waals surface area contributed by atoms with Gasteiger partial charge in [-0.1, -0.05) is 25.9 Å². The third-order valence-electron chi connectivity index (χ3n) is 6.92. The Morgan fingerprint density at radius 3 is 2.28 bits per heavy atom. The van der Waals surface area contributed by atoms with E-state index >= 15 is 0 Å². The Morgan fingerprint density at radius 2 is 1.75 bits per heavy atom. The Balaban J connectivity index is 1.54. The molecule has 7 heteroatoms. The second kappa shape index (κ2) is 8.07. The van der Waals surface area contributed by atoms with Gasteiger partial charge in [0.05, 0.1) is 11.6 Å². The van der Waals surface area contributed by atoms with Crippen LogP contribution in [0.3, 0.4) is 0 Å². The largest absolute Gasteiger partial charge is 0.481 e. The van der Waals surface area contributed by atoms with Gasteiger partial charge in [0.15, 0.2) is 0 Å². The molecule has 0 spiro atoms. The van der Waals surface area contributed by atoms with Crippen LogP contribution in [0.4, 0.5) is 4.79 Å². The highest BCUT2D eigenvalue weighted by molar-refractivity contribution is 5.76. The van der Waals surface area contributed by atoms with Gasteiger partial charge in [0.2, 0.25) is 0 Å². The number of hydrogen-bond donors (Lipinski definition) is 1. The SMILES string of the molecule is CC(C)(C)C[C@H]1C[C@@H](c2onc([C@H]3CN(C(=O)OC(C)(C)C)C[C@@H]3C(=O)O)c2C2CC2)C1. The van der Waals surface area contributed by atoms with Crippen LogP contribution in [0.2, 0.25) is 0 Å². The number of carbonyl (C=O) groups is 2. The van der Waals surface area contributed by atoms with Crippen molar-refractivity contribution < 1.29 is 24.0 Å². The summed E-state index contributed by atoms with van der Waals surface area (Å²) in [6.45, 7) is 12.7. The standard InChI is InChI=1S/C25H38N2O5/c1-24(2,3)11-14-9-16(10-14)21-19(15-7-8-15)20(26-32-21)17-12-27(13-18(17)22(28)29)23(30)31-25(4,5)6/h14-18H,7-13H2,1-6H3,(H,28,29)/t14-,16+,17-,18-/m0/s1. The minimum absolute atomic E-state index is 0.137. The van der Waals surface area contributed by atoms with Gasteiger partial charge in [-0.15, -0.1) is 0 Å². The summed E-state index contributed by atoms with van der Waals surface area (Å²) in [7, 11) is 0. The number of nitrogens with zero attached hydrogens (tertiary/aromatic N) is 2. The number of aromatic nitrogens is 1. The number of hydrogen-bond acceptors (Lipinski definition) is 5. The maximum Gasteiger partial charge on any atom is 0.410 e. The van der Waals surface area contributed by atoms with E-state index in [4.69, 9.17) is 9.26 Å². The molecule has 1 amide bonds. The fourth-order valence-electron chi connectivity index (χ4n) is 5.46. The number of rotatable bonds is 5. The molecule has 2 saturated carbocycles. The number of likely N-dealkylation sites (tertiary alicyclic amines) is 1. The van der Waals surface area contributed by atoms with E-state index < -0.39 is 23.6 Å². The molecule has 0 bridgehead atoms. The lowest BCUT2D eigenvalue weighted by Crippen LogP contribution is -2.35. The van der Waals surface area contributed by atoms with Crippen LogP contribution in [0.25, 0.3) is 0 Å². The zero-order valence-electron chi connectivity index (χ0n) is 20.3. The normalized spacial score (nSPS) is 28.5. The Bertz CT molecular complexity index is 868. The Morgan fingerprint density at radius 1 is 1.09 bits per heavy atom. The predicted molar refractivity (Wildman–Crippen MR) is 120 cm³/mol. The van der Waals surface area contributed by atoms with Gasteiger partial charge in [-0.05, 0) is 70.1 Å². The van der Waals surface area contributed by atoms with Crippen molar-refractivity contribution >= 4 is 12.1 Å². The topological polar surface area (TPSA) is 92.9 Å². The van der Waals surface area contributed by atoms with E-state index in [0.29, 0.717) is 29.7 Å². The molecule has 0 radical (unpaired) electrons. The van der Waals surface area contributed by atoms with E-state index in [1.165, 1.54) is 11.3 Å². The van der Waals surface area contributed by atoms with Gasteiger partial charge in [-0.25, -0.2) is 4.79 Å². The molecule has 2 aliphatic carbocycles. The first-order valence-electron chi connectivity index (χ1n) is 12.0. The first-order valence-corrected chi connectivity index (χ1v) is 12.0. The quantitative estimate of drug-likeness (QED) is 0.640. The summed E-state index contributed by atoms with van der Waals surface area (Å²) in [6.07, 6.45) is 5.16. The fraction of sp³-hybridized carbons (Fsp3) is 0.800. The van der Waals surface area contributed by atoms with Crippen molar-refractivity contribution in [1.82, 2.24) is 10.1 Å². The Labute approximate surface area is 190 Å². The van der Waals surface area contributed by atoms with E-state index in [0.717, 1.165) is 42.7 Å². The molecule has 1 N–H and O–H groups in total. The van der Waals surface area contributed by atoms with Crippen molar-refractivity contribution in [3.63, 3.8) is 0 Å². The zero-order chi connectivity index (χ0) is 23.4. The van der Waals surface area contributed by atoms with Gasteiger partial charge in [0.25, 0.3) is 0 Å². The summed E-state index contributed by atoms with van der Waals surface area (Å²) in [5, 5.41) is 14.3.